The van der Waals surface area contributed by atoms with E-state index >= 15 is 0 Å². The van der Waals surface area contributed by atoms with Gasteiger partial charge < -0.3 is 9.73 Å². The van der Waals surface area contributed by atoms with E-state index < -0.39 is 17.7 Å². The zero-order chi connectivity index (χ0) is 15.5. The first kappa shape index (κ1) is 14.1. The van der Waals surface area contributed by atoms with Gasteiger partial charge in [-0.15, -0.1) is 10.2 Å². The molecule has 2 N–H and O–H groups in total. The lowest BCUT2D eigenvalue weighted by Gasteiger charge is -2.05. The van der Waals surface area contributed by atoms with E-state index in [1.165, 1.54) is 12.3 Å². The fourth-order valence-corrected chi connectivity index (χ4v) is 2.31. The maximum absolute atomic E-state index is 13.0. The van der Waals surface area contributed by atoms with Crippen LogP contribution >= 0.6 is 11.3 Å². The molecule has 0 fully saturated rings. The van der Waals surface area contributed by atoms with Crippen molar-refractivity contribution in [1.82, 2.24) is 10.2 Å². The van der Waals surface area contributed by atoms with Crippen LogP contribution in [0.5, 0.6) is 0 Å². The maximum Gasteiger partial charge on any atom is 0.325 e. The van der Waals surface area contributed by atoms with Gasteiger partial charge >= 0.3 is 6.03 Å². The number of nitrogens with zero attached hydrogens (tertiary/aromatic N) is 2. The highest BCUT2D eigenvalue weighted by atomic mass is 32.1. The molecular weight excluding hydrogens is 314 g/mol. The second-order valence-electron chi connectivity index (χ2n) is 4.10. The van der Waals surface area contributed by atoms with Crippen molar-refractivity contribution in [1.29, 1.82) is 0 Å². The Morgan fingerprint density at radius 2 is 2.00 bits per heavy atom. The molecule has 2 aromatic heterocycles. The molecule has 0 unspecified atom stereocenters. The zero-order valence-electron chi connectivity index (χ0n) is 10.8. The molecule has 0 saturated carbocycles. The molecule has 0 atom stereocenters. The number of rotatable bonds is 3. The van der Waals surface area contributed by atoms with Crippen molar-refractivity contribution in [3.63, 3.8) is 0 Å². The maximum atomic E-state index is 13.0. The predicted octanol–water partition coefficient (Wildman–Crippen LogP) is 3.72. The lowest BCUT2D eigenvalue weighted by atomic mass is 10.3. The van der Waals surface area contributed by atoms with Crippen molar-refractivity contribution in [2.45, 2.75) is 0 Å². The highest BCUT2D eigenvalue weighted by molar-refractivity contribution is 7.18. The SMILES string of the molecule is O=C(Nc1ccc(F)c(F)c1)Nc1nnc(-c2ccco2)s1. The number of carbonyl (C=O) groups excluding carboxylic acids is 1. The Bertz CT molecular complexity index is 804. The molecule has 0 spiro atoms. The zero-order valence-corrected chi connectivity index (χ0v) is 11.7. The number of carbonyl (C=O) groups is 1. The molecule has 3 rings (SSSR count). The van der Waals surface area contributed by atoms with Gasteiger partial charge in [0.15, 0.2) is 22.4 Å². The number of furan rings is 1. The summed E-state index contributed by atoms with van der Waals surface area (Å²) in [5, 5.41) is 13.2. The Morgan fingerprint density at radius 1 is 1.14 bits per heavy atom. The predicted molar refractivity (Wildman–Crippen MR) is 76.6 cm³/mol. The summed E-state index contributed by atoms with van der Waals surface area (Å²) in [7, 11) is 0. The van der Waals surface area contributed by atoms with Gasteiger partial charge in [-0.3, -0.25) is 5.32 Å². The minimum Gasteiger partial charge on any atom is -0.462 e. The summed E-state index contributed by atoms with van der Waals surface area (Å²) in [5.74, 6) is -1.50. The van der Waals surface area contributed by atoms with Gasteiger partial charge in [-0.25, -0.2) is 13.6 Å². The van der Waals surface area contributed by atoms with E-state index in [9.17, 15) is 13.6 Å². The first-order chi connectivity index (χ1) is 10.6. The van der Waals surface area contributed by atoms with E-state index in [1.807, 2.05) is 0 Å². The molecular formula is C13H8F2N4O2S. The van der Waals surface area contributed by atoms with Crippen LogP contribution in [0.2, 0.25) is 0 Å². The third kappa shape index (κ3) is 3.09. The van der Waals surface area contributed by atoms with Crippen LogP contribution in [0.1, 0.15) is 0 Å². The standard InChI is InChI=1S/C13H8F2N4O2S/c14-8-4-3-7(6-9(8)15)16-12(20)17-13-19-18-11(22-13)10-2-1-5-21-10/h1-6H,(H2,16,17,19,20). The number of aromatic nitrogens is 2. The van der Waals surface area contributed by atoms with Gasteiger partial charge in [0.1, 0.15) is 0 Å². The molecule has 2 amide bonds. The van der Waals surface area contributed by atoms with Crippen molar-refractivity contribution < 1.29 is 18.0 Å². The largest absolute Gasteiger partial charge is 0.462 e. The van der Waals surface area contributed by atoms with Gasteiger partial charge in [-0.1, -0.05) is 11.3 Å². The van der Waals surface area contributed by atoms with Gasteiger partial charge in [0, 0.05) is 11.8 Å². The molecule has 0 aliphatic carbocycles. The molecule has 3 aromatic rings. The van der Waals surface area contributed by atoms with Gasteiger partial charge in [0.2, 0.25) is 5.13 Å². The van der Waals surface area contributed by atoms with Crippen LogP contribution < -0.4 is 10.6 Å². The third-order valence-electron chi connectivity index (χ3n) is 2.55. The first-order valence-electron chi connectivity index (χ1n) is 6.02. The molecule has 2 heterocycles. The molecule has 0 saturated heterocycles. The van der Waals surface area contributed by atoms with Crippen molar-refractivity contribution in [2.75, 3.05) is 10.6 Å². The second-order valence-corrected chi connectivity index (χ2v) is 5.08. The molecule has 0 bridgehead atoms. The lowest BCUT2D eigenvalue weighted by molar-refractivity contribution is 0.262. The smallest absolute Gasteiger partial charge is 0.325 e. The van der Waals surface area contributed by atoms with Gasteiger partial charge in [-0.05, 0) is 24.3 Å². The topological polar surface area (TPSA) is 80.0 Å². The summed E-state index contributed by atoms with van der Waals surface area (Å²) in [4.78, 5) is 11.8. The fraction of sp³-hybridized carbons (Fsp3) is 0. The summed E-state index contributed by atoms with van der Waals surface area (Å²) in [5.41, 5.74) is 0.118. The molecule has 6 nitrogen and oxygen atoms in total. The Morgan fingerprint density at radius 3 is 2.73 bits per heavy atom. The normalized spacial score (nSPS) is 10.5. The van der Waals surface area contributed by atoms with Crippen LogP contribution in [0.3, 0.4) is 0 Å². The van der Waals surface area contributed by atoms with Crippen LogP contribution in [0.4, 0.5) is 24.4 Å². The summed E-state index contributed by atoms with van der Waals surface area (Å²) in [6.45, 7) is 0. The Balaban J connectivity index is 1.65. The number of hydrogen-bond acceptors (Lipinski definition) is 5. The monoisotopic (exact) mass is 322 g/mol. The summed E-state index contributed by atoms with van der Waals surface area (Å²) in [6.07, 6.45) is 1.50. The third-order valence-corrected chi connectivity index (χ3v) is 3.41. The summed E-state index contributed by atoms with van der Waals surface area (Å²) >= 11 is 1.11. The van der Waals surface area contributed by atoms with E-state index in [-0.39, 0.29) is 10.8 Å². The average Bonchev–Trinajstić information content (AvgIpc) is 3.13. The number of anilines is 2. The Labute approximate surface area is 126 Å². The number of nitrogens with one attached hydrogen (secondary N) is 2. The number of hydrogen-bond donors (Lipinski definition) is 2. The van der Waals surface area contributed by atoms with Crippen molar-refractivity contribution in [2.24, 2.45) is 0 Å². The second kappa shape index (κ2) is 5.90. The Kier molecular flexibility index (Phi) is 3.79. The molecule has 9 heteroatoms. The van der Waals surface area contributed by atoms with E-state index in [4.69, 9.17) is 4.42 Å². The number of amides is 2. The lowest BCUT2D eigenvalue weighted by Crippen LogP contribution is -2.19. The van der Waals surface area contributed by atoms with Gasteiger partial charge in [0.05, 0.1) is 6.26 Å². The van der Waals surface area contributed by atoms with Crippen LogP contribution in [0.25, 0.3) is 10.8 Å². The number of halogens is 2. The minimum absolute atomic E-state index is 0.118. The van der Waals surface area contributed by atoms with Crippen molar-refractivity contribution in [3.05, 3.63) is 48.2 Å². The molecule has 112 valence electrons. The number of urea groups is 1. The van der Waals surface area contributed by atoms with E-state index in [0.717, 1.165) is 23.5 Å². The van der Waals surface area contributed by atoms with E-state index in [0.29, 0.717) is 10.8 Å². The van der Waals surface area contributed by atoms with Crippen LogP contribution in [0, 0.1) is 11.6 Å². The molecule has 1 aromatic carbocycles. The Hall–Kier alpha value is -2.81. The molecule has 0 radical (unpaired) electrons. The first-order valence-corrected chi connectivity index (χ1v) is 6.84. The highest BCUT2D eigenvalue weighted by Crippen LogP contribution is 2.26. The van der Waals surface area contributed by atoms with E-state index in [2.05, 4.69) is 20.8 Å². The number of benzene rings is 1. The van der Waals surface area contributed by atoms with Gasteiger partial charge in [-0.2, -0.15) is 0 Å². The van der Waals surface area contributed by atoms with Crippen LogP contribution in [-0.2, 0) is 0 Å². The molecule has 0 aliphatic rings. The highest BCUT2D eigenvalue weighted by Gasteiger charge is 2.12. The van der Waals surface area contributed by atoms with Gasteiger partial charge in [0.25, 0.3) is 0 Å². The quantitative estimate of drug-likeness (QED) is 0.770. The van der Waals surface area contributed by atoms with Crippen LogP contribution in [0.15, 0.2) is 41.0 Å². The van der Waals surface area contributed by atoms with E-state index in [1.54, 1.807) is 12.1 Å². The fourth-order valence-electron chi connectivity index (χ4n) is 1.61. The molecule has 0 aliphatic heterocycles. The molecule has 22 heavy (non-hydrogen) atoms. The summed E-state index contributed by atoms with van der Waals surface area (Å²) < 4.78 is 31.0. The van der Waals surface area contributed by atoms with Crippen LogP contribution in [-0.4, -0.2) is 16.2 Å². The van der Waals surface area contributed by atoms with Crippen molar-refractivity contribution >= 4 is 28.2 Å². The average molecular weight is 322 g/mol. The minimum atomic E-state index is -1.05. The van der Waals surface area contributed by atoms with Crippen molar-refractivity contribution in [3.8, 4) is 10.8 Å². The summed E-state index contributed by atoms with van der Waals surface area (Å²) in [6, 6.07) is 5.82.